The fourth-order valence-electron chi connectivity index (χ4n) is 3.72. The minimum atomic E-state index is 0.140. The second-order valence-electron chi connectivity index (χ2n) is 6.99. The molecule has 1 aliphatic carbocycles. The van der Waals surface area contributed by atoms with Gasteiger partial charge in [-0.3, -0.25) is 4.79 Å². The second kappa shape index (κ2) is 8.34. The van der Waals surface area contributed by atoms with Gasteiger partial charge in [-0.05, 0) is 69.3 Å². The fourth-order valence-corrected chi connectivity index (χ4v) is 3.72. The molecule has 1 amide bonds. The molecule has 4 nitrogen and oxygen atoms in total. The van der Waals surface area contributed by atoms with E-state index in [1.807, 2.05) is 12.1 Å². The number of benzene rings is 1. The highest BCUT2D eigenvalue weighted by Crippen LogP contribution is 2.24. The summed E-state index contributed by atoms with van der Waals surface area (Å²) in [4.78, 5) is 12.2. The van der Waals surface area contributed by atoms with Crippen LogP contribution in [0.25, 0.3) is 0 Å². The van der Waals surface area contributed by atoms with Crippen molar-refractivity contribution in [2.45, 2.75) is 57.4 Å². The van der Waals surface area contributed by atoms with Crippen LogP contribution < -0.4 is 16.0 Å². The molecule has 0 bridgehead atoms. The maximum atomic E-state index is 12.2. The molecule has 0 unspecified atom stereocenters. The molecule has 3 N–H and O–H groups in total. The predicted molar refractivity (Wildman–Crippen MR) is 95.8 cm³/mol. The highest BCUT2D eigenvalue weighted by molar-refractivity contribution is 5.91. The summed E-state index contributed by atoms with van der Waals surface area (Å²) in [5.74, 6) is 0.846. The van der Waals surface area contributed by atoms with Crippen LogP contribution in [-0.4, -0.2) is 25.0 Å². The molecule has 1 aromatic carbocycles. The third-order valence-corrected chi connectivity index (χ3v) is 5.11. The molecule has 3 rings (SSSR count). The Morgan fingerprint density at radius 1 is 1.09 bits per heavy atom. The Labute approximate surface area is 139 Å². The van der Waals surface area contributed by atoms with Gasteiger partial charge in [-0.25, -0.2) is 0 Å². The molecule has 0 aromatic heterocycles. The summed E-state index contributed by atoms with van der Waals surface area (Å²) in [7, 11) is 0. The number of hydrogen-bond donors (Lipinski definition) is 3. The number of rotatable bonds is 6. The summed E-state index contributed by atoms with van der Waals surface area (Å²) in [6.07, 6.45) is 9.20. The van der Waals surface area contributed by atoms with Gasteiger partial charge in [0.1, 0.15) is 0 Å². The molecule has 1 saturated carbocycles. The van der Waals surface area contributed by atoms with E-state index in [1.165, 1.54) is 38.5 Å². The third-order valence-electron chi connectivity index (χ3n) is 5.11. The summed E-state index contributed by atoms with van der Waals surface area (Å²) >= 11 is 0. The van der Waals surface area contributed by atoms with Gasteiger partial charge in [0.25, 0.3) is 0 Å². The Balaban J connectivity index is 1.45. The lowest BCUT2D eigenvalue weighted by atomic mass is 9.93. The lowest BCUT2D eigenvalue weighted by Gasteiger charge is -2.22. The zero-order valence-electron chi connectivity index (χ0n) is 13.9. The number of piperidine rings is 1. The van der Waals surface area contributed by atoms with E-state index in [9.17, 15) is 4.79 Å². The minimum Gasteiger partial charge on any atom is -0.382 e. The van der Waals surface area contributed by atoms with Crippen molar-refractivity contribution < 1.29 is 4.79 Å². The van der Waals surface area contributed by atoms with Crippen molar-refractivity contribution in [3.63, 3.8) is 0 Å². The summed E-state index contributed by atoms with van der Waals surface area (Å²) in [6, 6.07) is 8.73. The Morgan fingerprint density at radius 2 is 1.83 bits per heavy atom. The first-order valence-corrected chi connectivity index (χ1v) is 9.17. The van der Waals surface area contributed by atoms with Crippen molar-refractivity contribution in [3.05, 3.63) is 24.3 Å². The molecule has 2 fully saturated rings. The van der Waals surface area contributed by atoms with E-state index in [4.69, 9.17) is 0 Å². The molecule has 0 atom stereocenters. The van der Waals surface area contributed by atoms with Gasteiger partial charge in [0, 0.05) is 23.8 Å². The summed E-state index contributed by atoms with van der Waals surface area (Å²) in [5, 5.41) is 10.0. The predicted octanol–water partition coefficient (Wildman–Crippen LogP) is 3.76. The maximum absolute atomic E-state index is 12.2. The van der Waals surface area contributed by atoms with Gasteiger partial charge < -0.3 is 16.0 Å². The highest BCUT2D eigenvalue weighted by Gasteiger charge is 2.16. The Hall–Kier alpha value is -1.55. The molecule has 1 saturated heterocycles. The first kappa shape index (κ1) is 16.3. The van der Waals surface area contributed by atoms with Crippen molar-refractivity contribution >= 4 is 17.3 Å². The van der Waals surface area contributed by atoms with E-state index < -0.39 is 0 Å². The van der Waals surface area contributed by atoms with Crippen molar-refractivity contribution in [1.82, 2.24) is 5.32 Å². The normalized spacial score (nSPS) is 19.7. The van der Waals surface area contributed by atoms with E-state index in [0.29, 0.717) is 18.4 Å². The molecular weight excluding hydrogens is 286 g/mol. The van der Waals surface area contributed by atoms with Crippen LogP contribution in [0.3, 0.4) is 0 Å². The first-order chi connectivity index (χ1) is 11.3. The van der Waals surface area contributed by atoms with E-state index in [1.54, 1.807) is 0 Å². The maximum Gasteiger partial charge on any atom is 0.224 e. The van der Waals surface area contributed by atoms with Crippen molar-refractivity contribution in [1.29, 1.82) is 0 Å². The van der Waals surface area contributed by atoms with Gasteiger partial charge in [-0.1, -0.05) is 18.9 Å². The molecular formula is C19H29N3O. The van der Waals surface area contributed by atoms with E-state index in [-0.39, 0.29) is 5.91 Å². The molecule has 2 aliphatic rings. The molecule has 126 valence electrons. The zero-order valence-corrected chi connectivity index (χ0v) is 13.9. The molecule has 1 heterocycles. The topological polar surface area (TPSA) is 53.2 Å². The van der Waals surface area contributed by atoms with Gasteiger partial charge >= 0.3 is 0 Å². The quantitative estimate of drug-likeness (QED) is 0.749. The van der Waals surface area contributed by atoms with Crippen molar-refractivity contribution in [2.75, 3.05) is 23.7 Å². The van der Waals surface area contributed by atoms with Gasteiger partial charge in [-0.2, -0.15) is 0 Å². The Bertz CT molecular complexity index is 505. The number of carbonyl (C=O) groups is 1. The van der Waals surface area contributed by atoms with Gasteiger partial charge in [0.15, 0.2) is 0 Å². The highest BCUT2D eigenvalue weighted by atomic mass is 16.1. The van der Waals surface area contributed by atoms with Crippen LogP contribution in [0.1, 0.15) is 51.4 Å². The summed E-state index contributed by atoms with van der Waals surface area (Å²) < 4.78 is 0. The van der Waals surface area contributed by atoms with Crippen molar-refractivity contribution in [2.24, 2.45) is 5.92 Å². The molecule has 23 heavy (non-hydrogen) atoms. The SMILES string of the molecule is O=C(CCC1CCNCC1)Nc1cccc(NC2CCCC2)c1. The average Bonchev–Trinajstić information content (AvgIpc) is 3.07. The van der Waals surface area contributed by atoms with E-state index in [2.05, 4.69) is 28.1 Å². The van der Waals surface area contributed by atoms with Crippen LogP contribution in [-0.2, 0) is 4.79 Å². The number of carbonyl (C=O) groups excluding carboxylic acids is 1. The first-order valence-electron chi connectivity index (χ1n) is 9.17. The third kappa shape index (κ3) is 5.24. The Morgan fingerprint density at radius 3 is 2.61 bits per heavy atom. The lowest BCUT2D eigenvalue weighted by molar-refractivity contribution is -0.116. The lowest BCUT2D eigenvalue weighted by Crippen LogP contribution is -2.28. The molecule has 1 aromatic rings. The zero-order chi connectivity index (χ0) is 15.9. The average molecular weight is 315 g/mol. The van der Waals surface area contributed by atoms with Crippen LogP contribution in [0.5, 0.6) is 0 Å². The fraction of sp³-hybridized carbons (Fsp3) is 0.632. The van der Waals surface area contributed by atoms with Crippen LogP contribution in [0.2, 0.25) is 0 Å². The van der Waals surface area contributed by atoms with Gasteiger partial charge in [-0.15, -0.1) is 0 Å². The van der Waals surface area contributed by atoms with Crippen molar-refractivity contribution in [3.8, 4) is 0 Å². The van der Waals surface area contributed by atoms with Crippen LogP contribution in [0.15, 0.2) is 24.3 Å². The standard InChI is InChI=1S/C19H29N3O/c23-19(9-8-15-10-12-20-13-11-15)22-18-7-3-6-17(14-18)21-16-4-1-2-5-16/h3,6-7,14-16,20-21H,1-2,4-5,8-13H2,(H,22,23). The summed E-state index contributed by atoms with van der Waals surface area (Å²) in [6.45, 7) is 2.20. The largest absolute Gasteiger partial charge is 0.382 e. The number of amides is 1. The monoisotopic (exact) mass is 315 g/mol. The van der Waals surface area contributed by atoms with E-state index in [0.717, 1.165) is 30.9 Å². The molecule has 0 radical (unpaired) electrons. The van der Waals surface area contributed by atoms with Crippen LogP contribution >= 0.6 is 0 Å². The molecule has 4 heteroatoms. The number of hydrogen-bond acceptors (Lipinski definition) is 3. The molecule has 0 spiro atoms. The summed E-state index contributed by atoms with van der Waals surface area (Å²) in [5.41, 5.74) is 2.02. The smallest absolute Gasteiger partial charge is 0.224 e. The van der Waals surface area contributed by atoms with Crippen LogP contribution in [0, 0.1) is 5.92 Å². The van der Waals surface area contributed by atoms with E-state index >= 15 is 0 Å². The van der Waals surface area contributed by atoms with Crippen LogP contribution in [0.4, 0.5) is 11.4 Å². The van der Waals surface area contributed by atoms with Gasteiger partial charge in [0.05, 0.1) is 0 Å². The number of anilines is 2. The number of nitrogens with one attached hydrogen (secondary N) is 3. The second-order valence-corrected chi connectivity index (χ2v) is 6.99. The Kier molecular flexibility index (Phi) is 5.92. The minimum absolute atomic E-state index is 0.140. The van der Waals surface area contributed by atoms with Gasteiger partial charge in [0.2, 0.25) is 5.91 Å². The molecule has 1 aliphatic heterocycles.